The van der Waals surface area contributed by atoms with Gasteiger partial charge in [0, 0.05) is 42.7 Å². The fourth-order valence-electron chi connectivity index (χ4n) is 9.70. The molecule has 0 amide bonds. The quantitative estimate of drug-likeness (QED) is 0.0676. The first kappa shape index (κ1) is 39.9. The smallest absolute Gasteiger partial charge is 0.191 e. The number of aliphatic hydroxyl groups is 2. The maximum atomic E-state index is 13.8. The van der Waals surface area contributed by atoms with Crippen molar-refractivity contribution in [3.8, 4) is 35.4 Å². The summed E-state index contributed by atoms with van der Waals surface area (Å²) >= 11 is 0. The van der Waals surface area contributed by atoms with Crippen molar-refractivity contribution in [2.75, 3.05) is 0 Å². The zero-order chi connectivity index (χ0) is 40.2. The number of aliphatic hydroxyl groups excluding tert-OH is 2. The van der Waals surface area contributed by atoms with Crippen molar-refractivity contribution in [2.45, 2.75) is 135 Å². The largest absolute Gasteiger partial charge is 0.465 e. The molecule has 5 heterocycles. The van der Waals surface area contributed by atoms with E-state index in [9.17, 15) is 15.0 Å². The number of hydrogen-bond donors (Lipinski definition) is 5. The van der Waals surface area contributed by atoms with Gasteiger partial charge in [-0.2, -0.15) is 0 Å². The third kappa shape index (κ3) is 8.06. The molecule has 9 nitrogen and oxygen atoms in total. The molecule has 1 saturated carbocycles. The lowest BCUT2D eigenvalue weighted by Gasteiger charge is -2.35. The number of unbranched alkanes of at least 4 members (excludes halogenated alkanes) is 4. The number of H-pyrrole nitrogens is 1. The number of benzene rings is 2. The van der Waals surface area contributed by atoms with Gasteiger partial charge in [0.1, 0.15) is 24.2 Å². The minimum Gasteiger partial charge on any atom is -0.465 e. The Morgan fingerprint density at radius 1 is 1.02 bits per heavy atom. The Morgan fingerprint density at radius 3 is 2.62 bits per heavy atom. The average Bonchev–Trinajstić information content (AvgIpc) is 3.97. The Balaban J connectivity index is 1.15. The van der Waals surface area contributed by atoms with Gasteiger partial charge in [-0.25, -0.2) is 0 Å². The number of fused-ring (bicyclic) bond motifs is 8. The summed E-state index contributed by atoms with van der Waals surface area (Å²) in [4.78, 5) is 17.3. The molecular weight excluding hydrogens is 725 g/mol. The van der Waals surface area contributed by atoms with Gasteiger partial charge in [-0.05, 0) is 89.9 Å². The summed E-state index contributed by atoms with van der Waals surface area (Å²) in [6.45, 7) is 4.31. The molecular formula is C49H58N4O5. The van der Waals surface area contributed by atoms with Crippen LogP contribution in [0.25, 0.3) is 17.0 Å². The number of ketones is 1. The van der Waals surface area contributed by atoms with Gasteiger partial charge in [0.25, 0.3) is 0 Å². The van der Waals surface area contributed by atoms with Crippen LogP contribution in [0.4, 0.5) is 0 Å². The first-order chi connectivity index (χ1) is 28.3. The summed E-state index contributed by atoms with van der Waals surface area (Å²) in [5.74, 6) is 10.8. The number of hydrogen-bond acceptors (Lipinski definition) is 7. The van der Waals surface area contributed by atoms with Crippen molar-refractivity contribution in [3.63, 3.8) is 0 Å². The Bertz CT molecular complexity index is 2270. The second-order valence-electron chi connectivity index (χ2n) is 16.9. The molecule has 4 aromatic rings. The van der Waals surface area contributed by atoms with Crippen LogP contribution in [0.1, 0.15) is 149 Å². The zero-order valence-corrected chi connectivity index (χ0v) is 34.0. The number of nitrogens with two attached hydrogens (primary N) is 1. The topological polar surface area (TPSA) is 135 Å². The minimum absolute atomic E-state index is 0.124. The lowest BCUT2D eigenvalue weighted by molar-refractivity contribution is -0.126. The molecule has 1 aliphatic carbocycles. The van der Waals surface area contributed by atoms with E-state index in [-0.39, 0.29) is 17.9 Å². The Hall–Kier alpha value is -4.93. The van der Waals surface area contributed by atoms with Crippen molar-refractivity contribution in [1.82, 2.24) is 14.9 Å². The molecule has 0 saturated heterocycles. The maximum Gasteiger partial charge on any atom is 0.191 e. The number of ether oxygens (including phenoxy) is 2. The summed E-state index contributed by atoms with van der Waals surface area (Å²) in [6, 6.07) is 9.81. The SMILES string of the molecule is CCCCCC(O)C(CCCCC)C(=O)CCc1ccc2c(c1)OC1C(C#CC(O)c3ccc4c(c3Cc3c[nH]c5cn1cc35)C=CNC4N)C1(C#CO2)CCCC1. The number of carbonyl (C=O) groups excluding carboxylic acids is 1. The molecule has 1 fully saturated rings. The fraction of sp³-hybridized carbons (Fsp3) is 0.490. The monoisotopic (exact) mass is 782 g/mol. The van der Waals surface area contributed by atoms with E-state index in [1.54, 1.807) is 0 Å². The lowest BCUT2D eigenvalue weighted by Crippen LogP contribution is -2.35. The fourth-order valence-corrected chi connectivity index (χ4v) is 9.70. The number of aryl methyl sites for hydroxylation is 1. The maximum absolute atomic E-state index is 13.8. The molecule has 304 valence electrons. The van der Waals surface area contributed by atoms with E-state index >= 15 is 0 Å². The van der Waals surface area contributed by atoms with Crippen LogP contribution >= 0.6 is 0 Å². The predicted molar refractivity (Wildman–Crippen MR) is 227 cm³/mol. The van der Waals surface area contributed by atoms with Crippen LogP contribution in [0.5, 0.6) is 11.5 Å². The predicted octanol–water partition coefficient (Wildman–Crippen LogP) is 8.89. The van der Waals surface area contributed by atoms with Crippen LogP contribution in [-0.4, -0.2) is 31.7 Å². The highest BCUT2D eigenvalue weighted by atomic mass is 16.5. The molecule has 2 aromatic heterocycles. The van der Waals surface area contributed by atoms with Crippen molar-refractivity contribution in [3.05, 3.63) is 88.5 Å². The van der Waals surface area contributed by atoms with Gasteiger partial charge in [0.15, 0.2) is 17.7 Å². The summed E-state index contributed by atoms with van der Waals surface area (Å²) in [5, 5.41) is 27.4. The summed E-state index contributed by atoms with van der Waals surface area (Å²) in [6.07, 6.45) is 23.3. The van der Waals surface area contributed by atoms with Crippen molar-refractivity contribution in [2.24, 2.45) is 23.0 Å². The van der Waals surface area contributed by atoms with Gasteiger partial charge in [-0.1, -0.05) is 101 Å². The third-order valence-corrected chi connectivity index (χ3v) is 13.1. The van der Waals surface area contributed by atoms with Crippen molar-refractivity contribution >= 4 is 22.8 Å². The number of aromatic nitrogens is 2. The number of nitrogens with zero attached hydrogens (tertiary/aromatic N) is 1. The first-order valence-corrected chi connectivity index (χ1v) is 21.7. The number of aromatic amines is 1. The van der Waals surface area contributed by atoms with E-state index in [2.05, 4.69) is 65.0 Å². The molecule has 0 radical (unpaired) electrons. The Labute approximate surface area is 342 Å². The average molecular weight is 783 g/mol. The molecule has 4 aliphatic rings. The first-order valence-electron chi connectivity index (χ1n) is 21.7. The molecule has 1 spiro atoms. The van der Waals surface area contributed by atoms with Gasteiger partial charge in [-0.15, -0.1) is 0 Å². The van der Waals surface area contributed by atoms with E-state index in [4.69, 9.17) is 15.2 Å². The van der Waals surface area contributed by atoms with Gasteiger partial charge in [-0.3, -0.25) is 4.79 Å². The molecule has 58 heavy (non-hydrogen) atoms. The Morgan fingerprint density at radius 2 is 1.81 bits per heavy atom. The van der Waals surface area contributed by atoms with Gasteiger partial charge < -0.3 is 40.3 Å². The second-order valence-corrected chi connectivity index (χ2v) is 16.9. The molecule has 2 aromatic carbocycles. The molecule has 3 aliphatic heterocycles. The lowest BCUT2D eigenvalue weighted by atomic mass is 9.73. The summed E-state index contributed by atoms with van der Waals surface area (Å²) < 4.78 is 15.4. The van der Waals surface area contributed by atoms with E-state index in [0.717, 1.165) is 115 Å². The van der Waals surface area contributed by atoms with Crippen LogP contribution in [0, 0.1) is 41.1 Å². The number of Topliss-reactive ketones (excluding diaryl/α,β-unsaturated/α-hetero) is 1. The van der Waals surface area contributed by atoms with Crippen LogP contribution in [0.3, 0.4) is 0 Å². The normalized spacial score (nSPS) is 22.3. The highest BCUT2D eigenvalue weighted by Gasteiger charge is 2.46. The van der Waals surface area contributed by atoms with E-state index in [1.165, 1.54) is 0 Å². The number of carbonyl (C=O) groups is 1. The molecule has 2 bridgehead atoms. The van der Waals surface area contributed by atoms with Crippen LogP contribution < -0.4 is 20.5 Å². The van der Waals surface area contributed by atoms with Crippen LogP contribution in [0.2, 0.25) is 0 Å². The summed E-state index contributed by atoms with van der Waals surface area (Å²) in [7, 11) is 0. The van der Waals surface area contributed by atoms with Crippen LogP contribution in [0.15, 0.2) is 55.1 Å². The highest BCUT2D eigenvalue weighted by Crippen LogP contribution is 2.50. The van der Waals surface area contributed by atoms with Crippen LogP contribution in [-0.2, 0) is 17.6 Å². The van der Waals surface area contributed by atoms with Gasteiger partial charge in [0.2, 0.25) is 0 Å². The number of nitrogens with one attached hydrogen (secondary N) is 2. The number of rotatable bonds is 13. The van der Waals surface area contributed by atoms with E-state index in [0.29, 0.717) is 37.2 Å². The van der Waals surface area contributed by atoms with E-state index < -0.39 is 29.8 Å². The molecule has 6 atom stereocenters. The Kier molecular flexibility index (Phi) is 12.0. The molecule has 6 N–H and O–H groups in total. The van der Waals surface area contributed by atoms with Gasteiger partial charge in [0.05, 0.1) is 23.0 Å². The van der Waals surface area contributed by atoms with Gasteiger partial charge >= 0.3 is 0 Å². The standard InChI is InChI=1S/C49H58N4O5/c1-3-5-7-11-37(42(54)12-8-6-4-2)44(56)18-13-32-14-20-45-46(27-32)58-48-40(49(24-26-57-45)22-9-10-23-49)17-19-43(55)35-15-16-36-34(21-25-51-47(36)50)38(35)28-33-29-52-41-31-53(48)30-39(33)41/h14-16,20-21,25,27,29-31,37,40,42-43,47-48,51-52,54-55H,3-13,18,22-23,28,50H2,1-2H3. The molecule has 8 rings (SSSR count). The van der Waals surface area contributed by atoms with Crippen molar-refractivity contribution in [1.29, 1.82) is 0 Å². The highest BCUT2D eigenvalue weighted by molar-refractivity contribution is 5.84. The molecule has 9 heteroatoms. The molecule has 6 unspecified atom stereocenters. The third-order valence-electron chi connectivity index (χ3n) is 13.1. The minimum atomic E-state index is -1.05. The second kappa shape index (κ2) is 17.5. The zero-order valence-electron chi connectivity index (χ0n) is 34.0. The summed E-state index contributed by atoms with van der Waals surface area (Å²) in [5.41, 5.74) is 12.7. The van der Waals surface area contributed by atoms with E-state index in [1.807, 2.05) is 48.8 Å². The van der Waals surface area contributed by atoms with Crippen molar-refractivity contribution < 1.29 is 24.5 Å².